The minimum atomic E-state index is -0.330. The van der Waals surface area contributed by atoms with E-state index in [1.165, 1.54) is 18.2 Å². The Bertz CT molecular complexity index is 687. The number of ketones is 1. The van der Waals surface area contributed by atoms with Gasteiger partial charge in [-0.2, -0.15) is 5.26 Å². The molecule has 0 unspecified atom stereocenters. The van der Waals surface area contributed by atoms with E-state index in [0.717, 1.165) is 5.56 Å². The molecule has 3 nitrogen and oxygen atoms in total. The number of carbonyl (C=O) groups excluding carboxylic acids is 1. The van der Waals surface area contributed by atoms with E-state index in [-0.39, 0.29) is 24.6 Å². The highest BCUT2D eigenvalue weighted by Crippen LogP contribution is 2.18. The van der Waals surface area contributed by atoms with Gasteiger partial charge in [0.1, 0.15) is 18.2 Å². The molecule has 0 heterocycles. The van der Waals surface area contributed by atoms with E-state index in [0.29, 0.717) is 16.9 Å². The van der Waals surface area contributed by atoms with Crippen molar-refractivity contribution in [2.75, 3.05) is 6.61 Å². The molecule has 0 saturated heterocycles. The first-order chi connectivity index (χ1) is 10.1. The second-order valence-corrected chi connectivity index (χ2v) is 4.72. The summed E-state index contributed by atoms with van der Waals surface area (Å²) in [6, 6.07) is 13.0. The molecule has 0 spiro atoms. The monoisotopic (exact) mass is 283 g/mol. The van der Waals surface area contributed by atoms with Gasteiger partial charge in [-0.05, 0) is 48.4 Å². The third kappa shape index (κ3) is 4.15. The van der Waals surface area contributed by atoms with Gasteiger partial charge >= 0.3 is 0 Å². The van der Waals surface area contributed by atoms with E-state index >= 15 is 0 Å². The third-order valence-corrected chi connectivity index (χ3v) is 3.01. The topological polar surface area (TPSA) is 50.1 Å². The minimum absolute atomic E-state index is 0.0630. The summed E-state index contributed by atoms with van der Waals surface area (Å²) in [6.45, 7) is 1.66. The van der Waals surface area contributed by atoms with E-state index < -0.39 is 0 Å². The van der Waals surface area contributed by atoms with Crippen molar-refractivity contribution in [3.05, 3.63) is 65.0 Å². The number of nitrogens with zero attached hydrogens (tertiary/aromatic N) is 1. The molecule has 0 radical (unpaired) electrons. The van der Waals surface area contributed by atoms with Gasteiger partial charge in [0.05, 0.1) is 11.6 Å². The highest BCUT2D eigenvalue weighted by Gasteiger charge is 2.07. The molecule has 0 amide bonds. The summed E-state index contributed by atoms with van der Waals surface area (Å²) in [4.78, 5) is 11.9. The van der Waals surface area contributed by atoms with E-state index in [1.54, 1.807) is 31.2 Å². The number of ether oxygens (including phenoxy) is 1. The Morgan fingerprint density at radius 2 is 1.95 bits per heavy atom. The summed E-state index contributed by atoms with van der Waals surface area (Å²) in [6.07, 6.45) is 0.242. The summed E-state index contributed by atoms with van der Waals surface area (Å²) in [5.74, 6) is 0.0942. The molecule has 2 rings (SSSR count). The maximum Gasteiger partial charge on any atom is 0.174 e. The fraction of sp³-hybridized carbons (Fsp3) is 0.176. The molecule has 0 N–H and O–H groups in total. The van der Waals surface area contributed by atoms with Gasteiger partial charge in [0, 0.05) is 6.42 Å². The SMILES string of the molecule is Cc1cc(F)ccc1OCC(=O)Cc1ccc(C#N)cc1. The van der Waals surface area contributed by atoms with Crippen LogP contribution in [0.15, 0.2) is 42.5 Å². The lowest BCUT2D eigenvalue weighted by atomic mass is 10.1. The molecule has 0 bridgehead atoms. The first kappa shape index (κ1) is 14.7. The number of carbonyl (C=O) groups is 1. The maximum absolute atomic E-state index is 13.0. The van der Waals surface area contributed by atoms with Crippen LogP contribution in [0.2, 0.25) is 0 Å². The Kier molecular flexibility index (Phi) is 4.68. The number of halogens is 1. The Morgan fingerprint density at radius 1 is 1.24 bits per heavy atom. The molecule has 0 fully saturated rings. The highest BCUT2D eigenvalue weighted by atomic mass is 19.1. The largest absolute Gasteiger partial charge is 0.486 e. The van der Waals surface area contributed by atoms with E-state index in [4.69, 9.17) is 10.00 Å². The number of hydrogen-bond acceptors (Lipinski definition) is 3. The van der Waals surface area contributed by atoms with Crippen LogP contribution in [-0.2, 0) is 11.2 Å². The predicted octanol–water partition coefficient (Wildman–Crippen LogP) is 3.20. The van der Waals surface area contributed by atoms with Crippen molar-refractivity contribution >= 4 is 5.78 Å². The molecule has 2 aromatic rings. The third-order valence-electron chi connectivity index (χ3n) is 3.01. The van der Waals surface area contributed by atoms with Gasteiger partial charge in [-0.1, -0.05) is 12.1 Å². The number of Topliss-reactive ketones (excluding diaryl/α,β-unsaturated/α-hetero) is 1. The van der Waals surface area contributed by atoms with E-state index in [1.807, 2.05) is 6.07 Å². The smallest absolute Gasteiger partial charge is 0.174 e. The van der Waals surface area contributed by atoms with Crippen LogP contribution in [0.5, 0.6) is 5.75 Å². The average molecular weight is 283 g/mol. The predicted molar refractivity (Wildman–Crippen MR) is 76.5 cm³/mol. The Morgan fingerprint density at radius 3 is 2.57 bits per heavy atom. The van der Waals surface area contributed by atoms with Crippen LogP contribution in [0, 0.1) is 24.1 Å². The lowest BCUT2D eigenvalue weighted by Gasteiger charge is -2.08. The van der Waals surface area contributed by atoms with Crippen molar-refractivity contribution in [1.82, 2.24) is 0 Å². The number of nitriles is 1. The van der Waals surface area contributed by atoms with Gasteiger partial charge in [0.15, 0.2) is 5.78 Å². The maximum atomic E-state index is 13.0. The molecule has 0 aromatic heterocycles. The fourth-order valence-electron chi connectivity index (χ4n) is 1.91. The molecule has 2 aromatic carbocycles. The summed E-state index contributed by atoms with van der Waals surface area (Å²) in [5, 5.41) is 8.70. The quantitative estimate of drug-likeness (QED) is 0.846. The summed E-state index contributed by atoms with van der Waals surface area (Å²) < 4.78 is 18.4. The molecule has 0 aliphatic rings. The summed E-state index contributed by atoms with van der Waals surface area (Å²) in [7, 11) is 0. The van der Waals surface area contributed by atoms with Crippen LogP contribution < -0.4 is 4.74 Å². The van der Waals surface area contributed by atoms with Crippen molar-refractivity contribution in [1.29, 1.82) is 5.26 Å². The van der Waals surface area contributed by atoms with Crippen molar-refractivity contribution in [3.63, 3.8) is 0 Å². The normalized spacial score (nSPS) is 9.95. The van der Waals surface area contributed by atoms with Crippen molar-refractivity contribution in [2.24, 2.45) is 0 Å². The summed E-state index contributed by atoms with van der Waals surface area (Å²) in [5.41, 5.74) is 2.05. The Hall–Kier alpha value is -2.67. The summed E-state index contributed by atoms with van der Waals surface area (Å²) >= 11 is 0. The van der Waals surface area contributed by atoms with Crippen LogP contribution in [0.1, 0.15) is 16.7 Å². The second-order valence-electron chi connectivity index (χ2n) is 4.72. The molecule has 0 aliphatic carbocycles. The zero-order chi connectivity index (χ0) is 15.2. The number of rotatable bonds is 5. The molecule has 0 saturated carbocycles. The average Bonchev–Trinajstić information content (AvgIpc) is 2.47. The van der Waals surface area contributed by atoms with Crippen molar-refractivity contribution in [2.45, 2.75) is 13.3 Å². The molecule has 4 heteroatoms. The molecule has 0 atom stereocenters. The van der Waals surface area contributed by atoms with Crippen molar-refractivity contribution in [3.8, 4) is 11.8 Å². The molecule has 106 valence electrons. The van der Waals surface area contributed by atoms with E-state index in [2.05, 4.69) is 0 Å². The Balaban J connectivity index is 1.91. The van der Waals surface area contributed by atoms with Crippen LogP contribution in [0.4, 0.5) is 4.39 Å². The van der Waals surface area contributed by atoms with Crippen molar-refractivity contribution < 1.29 is 13.9 Å². The Labute approximate surface area is 122 Å². The molecular formula is C17H14FNO2. The minimum Gasteiger partial charge on any atom is -0.486 e. The zero-order valence-corrected chi connectivity index (χ0v) is 11.6. The first-order valence-corrected chi connectivity index (χ1v) is 6.48. The number of aryl methyl sites for hydroxylation is 1. The van der Waals surface area contributed by atoms with Crippen LogP contribution in [0.25, 0.3) is 0 Å². The zero-order valence-electron chi connectivity index (χ0n) is 11.6. The molecule has 21 heavy (non-hydrogen) atoms. The van der Waals surface area contributed by atoms with Crippen LogP contribution >= 0.6 is 0 Å². The standard InChI is InChI=1S/C17H14FNO2/c1-12-8-15(18)6-7-17(12)21-11-16(20)9-13-2-4-14(10-19)5-3-13/h2-8H,9,11H2,1H3. The number of hydrogen-bond donors (Lipinski definition) is 0. The second kappa shape index (κ2) is 6.67. The van der Waals surface area contributed by atoms with Gasteiger partial charge in [0.2, 0.25) is 0 Å². The fourth-order valence-corrected chi connectivity index (χ4v) is 1.91. The molecular weight excluding hydrogens is 269 g/mol. The first-order valence-electron chi connectivity index (χ1n) is 6.48. The van der Waals surface area contributed by atoms with Gasteiger partial charge < -0.3 is 4.74 Å². The molecule has 0 aliphatic heterocycles. The highest BCUT2D eigenvalue weighted by molar-refractivity contribution is 5.82. The van der Waals surface area contributed by atoms with Gasteiger partial charge in [-0.25, -0.2) is 4.39 Å². The van der Waals surface area contributed by atoms with E-state index in [9.17, 15) is 9.18 Å². The number of benzene rings is 2. The van der Waals surface area contributed by atoms with Crippen LogP contribution in [-0.4, -0.2) is 12.4 Å². The van der Waals surface area contributed by atoms with Gasteiger partial charge in [-0.15, -0.1) is 0 Å². The van der Waals surface area contributed by atoms with Gasteiger partial charge in [-0.3, -0.25) is 4.79 Å². The van der Waals surface area contributed by atoms with Crippen LogP contribution in [0.3, 0.4) is 0 Å². The lowest BCUT2D eigenvalue weighted by Crippen LogP contribution is -2.14. The lowest BCUT2D eigenvalue weighted by molar-refractivity contribution is -0.120. The van der Waals surface area contributed by atoms with Gasteiger partial charge in [0.25, 0.3) is 0 Å².